The highest BCUT2D eigenvalue weighted by Gasteiger charge is 2.34. The van der Waals surface area contributed by atoms with Gasteiger partial charge in [-0.1, -0.05) is 44.2 Å². The number of methoxy groups -OCH3 is 1. The molecule has 174 valence electrons. The minimum atomic E-state index is -0.322. The maximum atomic E-state index is 12.8. The summed E-state index contributed by atoms with van der Waals surface area (Å²) in [4.78, 5) is 12.8. The Morgan fingerprint density at radius 3 is 2.61 bits per heavy atom. The van der Waals surface area contributed by atoms with E-state index in [2.05, 4.69) is 58.6 Å². The van der Waals surface area contributed by atoms with Gasteiger partial charge < -0.3 is 18.8 Å². The van der Waals surface area contributed by atoms with Gasteiger partial charge in [0.25, 0.3) is 0 Å². The Morgan fingerprint density at radius 1 is 1.15 bits per heavy atom. The summed E-state index contributed by atoms with van der Waals surface area (Å²) in [7, 11) is 1.68. The molecule has 1 aliphatic rings. The van der Waals surface area contributed by atoms with E-state index >= 15 is 0 Å². The lowest BCUT2D eigenvalue weighted by atomic mass is 9.82. The highest BCUT2D eigenvalue weighted by molar-refractivity contribution is 9.10. The summed E-state index contributed by atoms with van der Waals surface area (Å²) in [6, 6.07) is 16.3. The van der Waals surface area contributed by atoms with Crippen LogP contribution in [0.1, 0.15) is 48.0 Å². The van der Waals surface area contributed by atoms with Gasteiger partial charge in [0, 0.05) is 17.5 Å². The lowest BCUT2D eigenvalue weighted by Crippen LogP contribution is -2.26. The number of halogens is 1. The maximum absolute atomic E-state index is 12.8. The molecule has 33 heavy (non-hydrogen) atoms. The van der Waals surface area contributed by atoms with Crippen LogP contribution in [-0.4, -0.2) is 30.9 Å². The number of hydrogen-bond acceptors (Lipinski definition) is 4. The molecule has 0 fully saturated rings. The molecule has 0 saturated carbocycles. The second kappa shape index (κ2) is 9.74. The van der Waals surface area contributed by atoms with Crippen LogP contribution >= 0.6 is 15.9 Å². The van der Waals surface area contributed by atoms with E-state index < -0.39 is 0 Å². The number of carbonyl (C=O) groups excluding carboxylic acids is 1. The molecule has 5 nitrogen and oxygen atoms in total. The molecule has 0 unspecified atom stereocenters. The molecule has 0 aliphatic carbocycles. The smallest absolute Gasteiger partial charge is 0.354 e. The first-order valence-electron chi connectivity index (χ1n) is 11.2. The van der Waals surface area contributed by atoms with E-state index in [9.17, 15) is 4.79 Å². The number of esters is 1. The number of aryl methyl sites for hydroxylation is 1. The normalized spacial score (nSPS) is 12.8. The average Bonchev–Trinajstić information content (AvgIpc) is 3.21. The molecule has 0 atom stereocenters. The van der Waals surface area contributed by atoms with Crippen molar-refractivity contribution in [3.63, 3.8) is 0 Å². The molecule has 6 heteroatoms. The number of nitrogens with zero attached hydrogens (tertiary/aromatic N) is 1. The van der Waals surface area contributed by atoms with E-state index in [4.69, 9.17) is 14.2 Å². The first-order chi connectivity index (χ1) is 15.9. The van der Waals surface area contributed by atoms with Crippen molar-refractivity contribution in [1.82, 2.24) is 4.57 Å². The second-order valence-electron chi connectivity index (χ2n) is 8.92. The van der Waals surface area contributed by atoms with E-state index in [0.29, 0.717) is 32.1 Å². The molecule has 0 spiro atoms. The van der Waals surface area contributed by atoms with Crippen molar-refractivity contribution in [2.75, 3.05) is 20.3 Å². The molecular formula is C27H30BrNO4. The van der Waals surface area contributed by atoms with Gasteiger partial charge in [-0.2, -0.15) is 0 Å². The minimum Gasteiger partial charge on any atom is -0.496 e. The Hall–Kier alpha value is -2.57. The standard InChI is InChI=1S/C27H30BrNO4/c1-5-33-26(30)23-15-21(27(2,3)17-32-16-18-9-7-6-8-10-18)25-20-14-22(28)24(31-4)13-19(20)11-12-29(23)25/h6-10,13-15H,5,11-12,16-17H2,1-4H3. The van der Waals surface area contributed by atoms with E-state index in [1.165, 1.54) is 5.56 Å². The quantitative estimate of drug-likeness (QED) is 0.340. The van der Waals surface area contributed by atoms with E-state index in [1.54, 1.807) is 7.11 Å². The second-order valence-corrected chi connectivity index (χ2v) is 9.77. The number of rotatable bonds is 8. The minimum absolute atomic E-state index is 0.290. The molecule has 0 amide bonds. The summed E-state index contributed by atoms with van der Waals surface area (Å²) in [6.07, 6.45) is 0.817. The van der Waals surface area contributed by atoms with Gasteiger partial charge in [0.05, 0.1) is 37.1 Å². The van der Waals surface area contributed by atoms with Crippen molar-refractivity contribution >= 4 is 21.9 Å². The predicted molar refractivity (Wildman–Crippen MR) is 133 cm³/mol. The monoisotopic (exact) mass is 511 g/mol. The van der Waals surface area contributed by atoms with Gasteiger partial charge in [0.15, 0.2) is 0 Å². The van der Waals surface area contributed by atoms with Crippen LogP contribution in [0.4, 0.5) is 0 Å². The van der Waals surface area contributed by atoms with Gasteiger partial charge in [-0.25, -0.2) is 4.79 Å². The fraction of sp³-hybridized carbons (Fsp3) is 0.370. The maximum Gasteiger partial charge on any atom is 0.354 e. The summed E-state index contributed by atoms with van der Waals surface area (Å²) in [5.41, 5.74) is 5.86. The summed E-state index contributed by atoms with van der Waals surface area (Å²) >= 11 is 3.64. The third-order valence-corrected chi connectivity index (χ3v) is 6.74. The van der Waals surface area contributed by atoms with Crippen molar-refractivity contribution in [3.8, 4) is 17.0 Å². The van der Waals surface area contributed by atoms with Crippen LogP contribution in [0.15, 0.2) is 53.0 Å². The molecule has 0 bridgehead atoms. The fourth-order valence-electron chi connectivity index (χ4n) is 4.45. The highest BCUT2D eigenvalue weighted by Crippen LogP contribution is 2.43. The zero-order valence-corrected chi connectivity index (χ0v) is 21.2. The summed E-state index contributed by atoms with van der Waals surface area (Å²) < 4.78 is 20.0. The average molecular weight is 512 g/mol. The van der Waals surface area contributed by atoms with Gasteiger partial charge >= 0.3 is 5.97 Å². The zero-order valence-electron chi connectivity index (χ0n) is 19.6. The SMILES string of the molecule is CCOC(=O)c1cc(C(C)(C)COCc2ccccc2)c2n1CCc1cc(OC)c(Br)cc1-2. The third kappa shape index (κ3) is 4.73. The summed E-state index contributed by atoms with van der Waals surface area (Å²) in [6.45, 7) is 8.28. The lowest BCUT2D eigenvalue weighted by Gasteiger charge is -2.29. The molecule has 0 radical (unpaired) electrons. The van der Waals surface area contributed by atoms with Crippen molar-refractivity contribution < 1.29 is 19.0 Å². The van der Waals surface area contributed by atoms with Crippen molar-refractivity contribution in [1.29, 1.82) is 0 Å². The number of hydrogen-bond donors (Lipinski definition) is 0. The molecular weight excluding hydrogens is 482 g/mol. The first-order valence-corrected chi connectivity index (χ1v) is 12.0. The van der Waals surface area contributed by atoms with E-state index in [0.717, 1.165) is 39.0 Å². The number of fused-ring (bicyclic) bond motifs is 3. The van der Waals surface area contributed by atoms with Crippen molar-refractivity contribution in [2.45, 2.75) is 45.8 Å². The lowest BCUT2D eigenvalue weighted by molar-refractivity contribution is 0.0513. The van der Waals surface area contributed by atoms with Crippen LogP contribution in [0.5, 0.6) is 5.75 Å². The largest absolute Gasteiger partial charge is 0.496 e. The van der Waals surface area contributed by atoms with Gasteiger partial charge in [-0.15, -0.1) is 0 Å². The van der Waals surface area contributed by atoms with Crippen LogP contribution in [0, 0.1) is 0 Å². The van der Waals surface area contributed by atoms with Crippen LogP contribution in [0.2, 0.25) is 0 Å². The highest BCUT2D eigenvalue weighted by atomic mass is 79.9. The van der Waals surface area contributed by atoms with Crippen LogP contribution in [-0.2, 0) is 34.5 Å². The molecule has 3 aromatic rings. The van der Waals surface area contributed by atoms with E-state index in [-0.39, 0.29) is 11.4 Å². The third-order valence-electron chi connectivity index (χ3n) is 6.12. The number of benzene rings is 2. The van der Waals surface area contributed by atoms with Gasteiger partial charge in [-0.3, -0.25) is 0 Å². The van der Waals surface area contributed by atoms with Gasteiger partial charge in [0.1, 0.15) is 11.4 Å². The molecule has 0 N–H and O–H groups in total. The molecule has 2 heterocycles. The Kier molecular flexibility index (Phi) is 6.96. The number of carbonyl (C=O) groups is 1. The molecule has 0 saturated heterocycles. The molecule has 1 aromatic heterocycles. The first kappa shape index (κ1) is 23.6. The fourth-order valence-corrected chi connectivity index (χ4v) is 4.95. The Bertz CT molecular complexity index is 1150. The Balaban J connectivity index is 1.74. The van der Waals surface area contributed by atoms with Crippen LogP contribution in [0.25, 0.3) is 11.3 Å². The Morgan fingerprint density at radius 2 is 1.91 bits per heavy atom. The van der Waals surface area contributed by atoms with Crippen LogP contribution in [0.3, 0.4) is 0 Å². The summed E-state index contributed by atoms with van der Waals surface area (Å²) in [5, 5.41) is 0. The molecule has 4 rings (SSSR count). The van der Waals surface area contributed by atoms with E-state index in [1.807, 2.05) is 31.2 Å². The zero-order chi connectivity index (χ0) is 23.6. The molecule has 1 aliphatic heterocycles. The number of aromatic nitrogens is 1. The molecule has 2 aromatic carbocycles. The topological polar surface area (TPSA) is 49.7 Å². The van der Waals surface area contributed by atoms with Crippen molar-refractivity contribution in [3.05, 3.63) is 75.4 Å². The van der Waals surface area contributed by atoms with Crippen LogP contribution < -0.4 is 4.74 Å². The number of ether oxygens (including phenoxy) is 3. The van der Waals surface area contributed by atoms with Crippen molar-refractivity contribution in [2.24, 2.45) is 0 Å². The summed E-state index contributed by atoms with van der Waals surface area (Å²) in [5.74, 6) is 0.522. The van der Waals surface area contributed by atoms with Gasteiger partial charge in [-0.05, 0) is 64.2 Å². The predicted octanol–water partition coefficient (Wildman–Crippen LogP) is 6.15. The Labute approximate surface area is 203 Å². The van der Waals surface area contributed by atoms with Gasteiger partial charge in [0.2, 0.25) is 0 Å².